The SMILES string of the molecule is O=C1C[C@H]2CC[C@@H](CO1)C2. The molecule has 2 heteroatoms. The molecule has 1 heterocycles. The van der Waals surface area contributed by atoms with Crippen molar-refractivity contribution < 1.29 is 9.53 Å². The Morgan fingerprint density at radius 3 is 3.00 bits per heavy atom. The third-order valence-corrected chi connectivity index (χ3v) is 2.59. The molecule has 0 spiro atoms. The third kappa shape index (κ3) is 1.02. The smallest absolute Gasteiger partial charge is 0.306 e. The van der Waals surface area contributed by atoms with Gasteiger partial charge < -0.3 is 4.74 Å². The van der Waals surface area contributed by atoms with Gasteiger partial charge in [-0.2, -0.15) is 0 Å². The van der Waals surface area contributed by atoms with Crippen molar-refractivity contribution >= 4 is 5.97 Å². The van der Waals surface area contributed by atoms with Gasteiger partial charge in [0.05, 0.1) is 6.61 Å². The molecule has 1 aliphatic heterocycles. The van der Waals surface area contributed by atoms with E-state index in [9.17, 15) is 4.79 Å². The van der Waals surface area contributed by atoms with E-state index in [1.54, 1.807) is 0 Å². The Kier molecular flexibility index (Phi) is 1.40. The summed E-state index contributed by atoms with van der Waals surface area (Å²) in [5.41, 5.74) is 0. The Morgan fingerprint density at radius 1 is 1.30 bits per heavy atom. The van der Waals surface area contributed by atoms with Gasteiger partial charge in [0.25, 0.3) is 0 Å². The highest BCUT2D eigenvalue weighted by Crippen LogP contribution is 2.35. The molecule has 0 amide bonds. The fraction of sp³-hybridized carbons (Fsp3) is 0.875. The van der Waals surface area contributed by atoms with Gasteiger partial charge in [-0.3, -0.25) is 4.79 Å². The van der Waals surface area contributed by atoms with Gasteiger partial charge in [-0.15, -0.1) is 0 Å². The molecule has 0 N–H and O–H groups in total. The number of carbonyl (C=O) groups excluding carboxylic acids is 1. The summed E-state index contributed by atoms with van der Waals surface area (Å²) in [5, 5.41) is 0. The molecule has 0 aromatic carbocycles. The summed E-state index contributed by atoms with van der Waals surface area (Å²) in [6, 6.07) is 0. The van der Waals surface area contributed by atoms with Crippen molar-refractivity contribution in [2.45, 2.75) is 25.7 Å². The third-order valence-electron chi connectivity index (χ3n) is 2.59. The van der Waals surface area contributed by atoms with Gasteiger partial charge in [0.15, 0.2) is 0 Å². The van der Waals surface area contributed by atoms with E-state index < -0.39 is 0 Å². The first-order chi connectivity index (χ1) is 4.84. The maximum atomic E-state index is 10.9. The topological polar surface area (TPSA) is 26.3 Å². The van der Waals surface area contributed by atoms with Crippen LogP contribution in [0.3, 0.4) is 0 Å². The van der Waals surface area contributed by atoms with Gasteiger partial charge in [0.2, 0.25) is 0 Å². The van der Waals surface area contributed by atoms with Crippen molar-refractivity contribution in [1.29, 1.82) is 0 Å². The van der Waals surface area contributed by atoms with Crippen LogP contribution in [0.4, 0.5) is 0 Å². The minimum Gasteiger partial charge on any atom is -0.465 e. The lowest BCUT2D eigenvalue weighted by molar-refractivity contribution is -0.144. The summed E-state index contributed by atoms with van der Waals surface area (Å²) in [6.45, 7) is 0.690. The van der Waals surface area contributed by atoms with Gasteiger partial charge in [-0.1, -0.05) is 0 Å². The number of fused-ring (bicyclic) bond motifs is 2. The zero-order valence-electron chi connectivity index (χ0n) is 6.01. The standard InChI is InChI=1S/C8H12O2/c9-8-4-6-1-2-7(3-6)5-10-8/h6-7H,1-5H2/t6-,7+/m0/s1. The second-order valence-electron chi connectivity index (χ2n) is 3.43. The van der Waals surface area contributed by atoms with Crippen molar-refractivity contribution in [3.05, 3.63) is 0 Å². The molecule has 1 aliphatic carbocycles. The van der Waals surface area contributed by atoms with Crippen LogP contribution < -0.4 is 0 Å². The zero-order chi connectivity index (χ0) is 6.97. The van der Waals surface area contributed by atoms with Crippen LogP contribution in [0, 0.1) is 11.8 Å². The second kappa shape index (κ2) is 2.26. The van der Waals surface area contributed by atoms with Crippen LogP contribution in [0.15, 0.2) is 0 Å². The van der Waals surface area contributed by atoms with Crippen LogP contribution in [-0.2, 0) is 9.53 Å². The lowest BCUT2D eigenvalue weighted by Gasteiger charge is -2.07. The van der Waals surface area contributed by atoms with Crippen LogP contribution in [0.1, 0.15) is 25.7 Å². The Hall–Kier alpha value is -0.530. The van der Waals surface area contributed by atoms with E-state index in [-0.39, 0.29) is 5.97 Å². The maximum absolute atomic E-state index is 10.9. The van der Waals surface area contributed by atoms with Crippen molar-refractivity contribution in [3.63, 3.8) is 0 Å². The van der Waals surface area contributed by atoms with E-state index in [0.29, 0.717) is 24.9 Å². The molecular formula is C8H12O2. The number of cyclic esters (lactones) is 1. The Bertz CT molecular complexity index is 153. The van der Waals surface area contributed by atoms with Gasteiger partial charge in [-0.05, 0) is 31.1 Å². The van der Waals surface area contributed by atoms with Crippen molar-refractivity contribution in [2.75, 3.05) is 6.61 Å². The largest absolute Gasteiger partial charge is 0.465 e. The van der Waals surface area contributed by atoms with E-state index in [1.165, 1.54) is 19.3 Å². The summed E-state index contributed by atoms with van der Waals surface area (Å²) >= 11 is 0. The van der Waals surface area contributed by atoms with Crippen LogP contribution in [-0.4, -0.2) is 12.6 Å². The quantitative estimate of drug-likeness (QED) is 0.475. The number of esters is 1. The second-order valence-corrected chi connectivity index (χ2v) is 3.43. The van der Waals surface area contributed by atoms with Crippen LogP contribution in [0.2, 0.25) is 0 Å². The molecule has 0 aromatic rings. The van der Waals surface area contributed by atoms with Gasteiger partial charge >= 0.3 is 5.97 Å². The highest BCUT2D eigenvalue weighted by atomic mass is 16.5. The van der Waals surface area contributed by atoms with Crippen LogP contribution in [0.25, 0.3) is 0 Å². The zero-order valence-corrected chi connectivity index (χ0v) is 6.01. The highest BCUT2D eigenvalue weighted by Gasteiger charge is 2.30. The lowest BCUT2D eigenvalue weighted by atomic mass is 10.0. The fourth-order valence-electron chi connectivity index (χ4n) is 2.02. The molecule has 2 nitrogen and oxygen atoms in total. The molecular weight excluding hydrogens is 128 g/mol. The van der Waals surface area contributed by atoms with Gasteiger partial charge in [0, 0.05) is 6.42 Å². The summed E-state index contributed by atoms with van der Waals surface area (Å²) in [6.07, 6.45) is 4.43. The van der Waals surface area contributed by atoms with Gasteiger partial charge in [0.1, 0.15) is 0 Å². The highest BCUT2D eigenvalue weighted by molar-refractivity contribution is 5.70. The molecule has 2 aliphatic rings. The molecule has 0 radical (unpaired) electrons. The first-order valence-electron chi connectivity index (χ1n) is 4.00. The Balaban J connectivity index is 2.05. The van der Waals surface area contributed by atoms with E-state index in [2.05, 4.69) is 0 Å². The monoisotopic (exact) mass is 140 g/mol. The molecule has 0 aromatic heterocycles. The minimum absolute atomic E-state index is 0.0206. The van der Waals surface area contributed by atoms with E-state index in [0.717, 1.165) is 0 Å². The lowest BCUT2D eigenvalue weighted by Crippen LogP contribution is -2.10. The van der Waals surface area contributed by atoms with Crippen molar-refractivity contribution in [3.8, 4) is 0 Å². The average molecular weight is 140 g/mol. The normalized spacial score (nSPS) is 39.0. The predicted octanol–water partition coefficient (Wildman–Crippen LogP) is 1.35. The van der Waals surface area contributed by atoms with Crippen molar-refractivity contribution in [1.82, 2.24) is 0 Å². The molecule has 56 valence electrons. The maximum Gasteiger partial charge on any atom is 0.306 e. The molecule has 10 heavy (non-hydrogen) atoms. The molecule has 2 bridgehead atoms. The molecule has 2 fully saturated rings. The minimum atomic E-state index is 0.0206. The first-order valence-corrected chi connectivity index (χ1v) is 4.00. The van der Waals surface area contributed by atoms with E-state index in [4.69, 9.17) is 4.74 Å². The van der Waals surface area contributed by atoms with E-state index in [1.807, 2.05) is 0 Å². The van der Waals surface area contributed by atoms with E-state index >= 15 is 0 Å². The summed E-state index contributed by atoms with van der Waals surface area (Å²) < 4.78 is 5.00. The number of rotatable bonds is 0. The first kappa shape index (κ1) is 6.20. The number of hydrogen-bond donors (Lipinski definition) is 0. The molecule has 1 saturated carbocycles. The molecule has 2 rings (SSSR count). The van der Waals surface area contributed by atoms with Gasteiger partial charge in [-0.25, -0.2) is 0 Å². The van der Waals surface area contributed by atoms with Crippen molar-refractivity contribution in [2.24, 2.45) is 11.8 Å². The molecule has 1 saturated heterocycles. The predicted molar refractivity (Wildman–Crippen MR) is 36.4 cm³/mol. The number of ether oxygens (including phenoxy) is 1. The summed E-state index contributed by atoms with van der Waals surface area (Å²) in [7, 11) is 0. The summed E-state index contributed by atoms with van der Waals surface area (Å²) in [5.74, 6) is 1.36. The van der Waals surface area contributed by atoms with Crippen LogP contribution in [0.5, 0.6) is 0 Å². The van der Waals surface area contributed by atoms with Crippen LogP contribution >= 0.6 is 0 Å². The number of carbonyl (C=O) groups is 1. The Morgan fingerprint density at radius 2 is 2.10 bits per heavy atom. The summed E-state index contributed by atoms with van der Waals surface area (Å²) in [4.78, 5) is 10.9. The Labute approximate surface area is 60.6 Å². The fourth-order valence-corrected chi connectivity index (χ4v) is 2.02. The average Bonchev–Trinajstić information content (AvgIpc) is 2.22. The molecule has 2 atom stereocenters. The molecule has 0 unspecified atom stereocenters. The number of hydrogen-bond acceptors (Lipinski definition) is 2.